The van der Waals surface area contributed by atoms with E-state index in [1.807, 2.05) is 9.97 Å². The van der Waals surface area contributed by atoms with E-state index in [1.54, 1.807) is 0 Å². The van der Waals surface area contributed by atoms with Crippen molar-refractivity contribution in [1.29, 1.82) is 0 Å². The zero-order valence-electron chi connectivity index (χ0n) is 14.9. The maximum atomic E-state index is 12.1. The van der Waals surface area contributed by atoms with E-state index in [9.17, 15) is 28.8 Å². The zero-order valence-corrected chi connectivity index (χ0v) is 14.9. The molecule has 27 heavy (non-hydrogen) atoms. The standard InChI is InChI=1S/C15H16N4O8/c1-6(20)26-10-8(18(3)14(24)16-12(10)22)5-9-11(27-7(2)21)13(23)17-15(25)19(9)4/h5H2,1-4H3,(H,16,22,24)(H,17,23,25). The number of carbonyl (C=O) groups is 2. The normalized spacial score (nSPS) is 10.5. The Morgan fingerprint density at radius 2 is 1.11 bits per heavy atom. The molecule has 0 fully saturated rings. The molecule has 0 aliphatic carbocycles. The van der Waals surface area contributed by atoms with Gasteiger partial charge in [0.2, 0.25) is 11.5 Å². The van der Waals surface area contributed by atoms with E-state index in [1.165, 1.54) is 14.1 Å². The van der Waals surface area contributed by atoms with Crippen molar-refractivity contribution < 1.29 is 19.1 Å². The Kier molecular flexibility index (Phi) is 5.28. The monoisotopic (exact) mass is 380 g/mol. The predicted molar refractivity (Wildman–Crippen MR) is 90.0 cm³/mol. The van der Waals surface area contributed by atoms with Crippen molar-refractivity contribution in [2.45, 2.75) is 20.3 Å². The van der Waals surface area contributed by atoms with Gasteiger partial charge in [-0.1, -0.05) is 0 Å². The molecule has 144 valence electrons. The second-order valence-corrected chi connectivity index (χ2v) is 5.55. The second kappa shape index (κ2) is 7.27. The van der Waals surface area contributed by atoms with Gasteiger partial charge >= 0.3 is 23.3 Å². The molecule has 12 heteroatoms. The van der Waals surface area contributed by atoms with Crippen LogP contribution in [-0.2, 0) is 30.1 Å². The van der Waals surface area contributed by atoms with E-state index in [0.717, 1.165) is 23.0 Å². The van der Waals surface area contributed by atoms with Crippen LogP contribution in [0.3, 0.4) is 0 Å². The Morgan fingerprint density at radius 3 is 1.41 bits per heavy atom. The van der Waals surface area contributed by atoms with Crippen LogP contribution in [0.4, 0.5) is 0 Å². The van der Waals surface area contributed by atoms with Crippen LogP contribution in [0.25, 0.3) is 0 Å². The lowest BCUT2D eigenvalue weighted by molar-refractivity contribution is -0.132. The molecular weight excluding hydrogens is 364 g/mol. The summed E-state index contributed by atoms with van der Waals surface area (Å²) in [4.78, 5) is 74.5. The molecule has 0 spiro atoms. The summed E-state index contributed by atoms with van der Waals surface area (Å²) >= 11 is 0. The average Bonchev–Trinajstić information content (AvgIpc) is 2.55. The van der Waals surface area contributed by atoms with Gasteiger partial charge in [0.25, 0.3) is 11.1 Å². The summed E-state index contributed by atoms with van der Waals surface area (Å²) in [5.74, 6) is -2.60. The minimum absolute atomic E-state index is 0.104. The van der Waals surface area contributed by atoms with Gasteiger partial charge in [0, 0.05) is 34.4 Å². The van der Waals surface area contributed by atoms with Gasteiger partial charge in [-0.3, -0.25) is 38.3 Å². The second-order valence-electron chi connectivity index (χ2n) is 5.55. The summed E-state index contributed by atoms with van der Waals surface area (Å²) in [6.07, 6.45) is -0.392. The number of hydrogen-bond acceptors (Lipinski definition) is 8. The fourth-order valence-corrected chi connectivity index (χ4v) is 2.34. The molecule has 0 radical (unpaired) electrons. The Hall–Kier alpha value is -3.70. The molecule has 0 aliphatic heterocycles. The number of hydrogen-bond donors (Lipinski definition) is 2. The van der Waals surface area contributed by atoms with Crippen LogP contribution in [0.1, 0.15) is 25.2 Å². The lowest BCUT2D eigenvalue weighted by Gasteiger charge is -2.16. The molecule has 0 atom stereocenters. The lowest BCUT2D eigenvalue weighted by Crippen LogP contribution is -2.36. The minimum atomic E-state index is -0.966. The van der Waals surface area contributed by atoms with Crippen molar-refractivity contribution in [2.24, 2.45) is 14.1 Å². The summed E-state index contributed by atoms with van der Waals surface area (Å²) in [6, 6.07) is 0. The number of H-pyrrole nitrogens is 2. The molecular formula is C15H16N4O8. The Balaban J connectivity index is 2.81. The highest BCUT2D eigenvalue weighted by Crippen LogP contribution is 2.20. The third kappa shape index (κ3) is 3.94. The molecule has 2 aromatic heterocycles. The Labute approximate surface area is 150 Å². The van der Waals surface area contributed by atoms with Crippen LogP contribution in [0.15, 0.2) is 19.2 Å². The number of nitrogens with one attached hydrogen (secondary N) is 2. The van der Waals surface area contributed by atoms with E-state index in [2.05, 4.69) is 0 Å². The summed E-state index contributed by atoms with van der Waals surface area (Å²) in [5.41, 5.74) is -3.76. The van der Waals surface area contributed by atoms with Crippen molar-refractivity contribution in [3.8, 4) is 11.5 Å². The van der Waals surface area contributed by atoms with Gasteiger partial charge in [0.15, 0.2) is 0 Å². The maximum absolute atomic E-state index is 12.1. The van der Waals surface area contributed by atoms with Crippen LogP contribution in [0.2, 0.25) is 0 Å². The van der Waals surface area contributed by atoms with Crippen molar-refractivity contribution >= 4 is 11.9 Å². The number of rotatable bonds is 4. The largest absolute Gasteiger partial charge is 0.419 e. The third-order valence-corrected chi connectivity index (χ3v) is 3.62. The Morgan fingerprint density at radius 1 is 0.778 bits per heavy atom. The number of esters is 2. The van der Waals surface area contributed by atoms with E-state index in [-0.39, 0.29) is 11.4 Å². The van der Waals surface area contributed by atoms with Crippen molar-refractivity contribution in [2.75, 3.05) is 0 Å². The highest BCUT2D eigenvalue weighted by molar-refractivity contribution is 5.70. The first-order valence-electron chi connectivity index (χ1n) is 7.54. The fourth-order valence-electron chi connectivity index (χ4n) is 2.34. The topological polar surface area (TPSA) is 162 Å². The first kappa shape index (κ1) is 19.6. The average molecular weight is 380 g/mol. The van der Waals surface area contributed by atoms with Crippen LogP contribution >= 0.6 is 0 Å². The number of aromatic nitrogens is 4. The van der Waals surface area contributed by atoms with Crippen molar-refractivity contribution in [3.05, 3.63) is 53.1 Å². The van der Waals surface area contributed by atoms with Crippen LogP contribution < -0.4 is 32.0 Å². The Bertz CT molecular complexity index is 1070. The first-order chi connectivity index (χ1) is 12.5. The van der Waals surface area contributed by atoms with Crippen LogP contribution in [0.5, 0.6) is 11.5 Å². The van der Waals surface area contributed by atoms with Gasteiger partial charge in [0.05, 0.1) is 11.4 Å². The summed E-state index contributed by atoms with van der Waals surface area (Å²) in [7, 11) is 2.58. The first-order valence-corrected chi connectivity index (χ1v) is 7.54. The highest BCUT2D eigenvalue weighted by Gasteiger charge is 2.22. The van der Waals surface area contributed by atoms with Crippen LogP contribution in [-0.4, -0.2) is 31.0 Å². The molecule has 0 bridgehead atoms. The summed E-state index contributed by atoms with van der Waals surface area (Å²) in [5, 5.41) is 0. The van der Waals surface area contributed by atoms with Crippen molar-refractivity contribution in [1.82, 2.24) is 19.1 Å². The molecule has 0 unspecified atom stereocenters. The smallest absolute Gasteiger partial charge is 0.328 e. The summed E-state index contributed by atoms with van der Waals surface area (Å²) in [6.45, 7) is 2.11. The quantitative estimate of drug-likeness (QED) is 0.570. The highest BCUT2D eigenvalue weighted by atomic mass is 16.5. The van der Waals surface area contributed by atoms with Gasteiger partial charge in [-0.25, -0.2) is 9.59 Å². The fraction of sp³-hybridized carbons (Fsp3) is 0.333. The number of carbonyl (C=O) groups excluding carboxylic acids is 2. The van der Waals surface area contributed by atoms with Gasteiger partial charge in [0.1, 0.15) is 0 Å². The molecule has 2 aromatic rings. The maximum Gasteiger partial charge on any atom is 0.328 e. The lowest BCUT2D eigenvalue weighted by atomic mass is 10.2. The number of ether oxygens (including phenoxy) is 2. The molecule has 0 aromatic carbocycles. The van der Waals surface area contributed by atoms with E-state index in [0.29, 0.717) is 0 Å². The molecule has 0 saturated heterocycles. The predicted octanol–water partition coefficient (Wildman–Crippen LogP) is -2.10. The SMILES string of the molecule is CC(=O)Oc1c(Cc2c(OC(C)=O)c(=O)[nH]c(=O)n2C)n(C)c(=O)[nH]c1=O. The third-order valence-electron chi connectivity index (χ3n) is 3.62. The molecule has 0 aliphatic rings. The summed E-state index contributed by atoms with van der Waals surface area (Å²) < 4.78 is 11.7. The van der Waals surface area contributed by atoms with Crippen molar-refractivity contribution in [3.63, 3.8) is 0 Å². The van der Waals surface area contributed by atoms with Gasteiger partial charge in [-0.05, 0) is 0 Å². The molecule has 0 amide bonds. The molecule has 12 nitrogen and oxygen atoms in total. The minimum Gasteiger partial charge on any atom is -0.419 e. The van der Waals surface area contributed by atoms with E-state index in [4.69, 9.17) is 9.47 Å². The molecule has 2 heterocycles. The van der Waals surface area contributed by atoms with Gasteiger partial charge in [-0.2, -0.15) is 0 Å². The van der Waals surface area contributed by atoms with E-state index < -0.39 is 52.4 Å². The molecule has 2 rings (SSSR count). The number of nitrogens with zero attached hydrogens (tertiary/aromatic N) is 2. The van der Waals surface area contributed by atoms with Gasteiger partial charge in [-0.15, -0.1) is 0 Å². The zero-order chi connectivity index (χ0) is 20.5. The van der Waals surface area contributed by atoms with E-state index >= 15 is 0 Å². The van der Waals surface area contributed by atoms with Gasteiger partial charge < -0.3 is 9.47 Å². The molecule has 0 saturated carbocycles. The number of aromatic amines is 2. The van der Waals surface area contributed by atoms with Crippen LogP contribution in [0, 0.1) is 0 Å². The molecule has 2 N–H and O–H groups in total.